The van der Waals surface area contributed by atoms with Gasteiger partial charge in [-0.25, -0.2) is 9.97 Å². The first-order valence-electron chi connectivity index (χ1n) is 6.21. The Kier molecular flexibility index (Phi) is 4.83. The van der Waals surface area contributed by atoms with Crippen molar-refractivity contribution in [2.75, 3.05) is 20.8 Å². The van der Waals surface area contributed by atoms with Crippen LogP contribution in [0.15, 0.2) is 12.7 Å². The zero-order valence-corrected chi connectivity index (χ0v) is 11.8. The van der Waals surface area contributed by atoms with E-state index in [0.717, 1.165) is 24.4 Å². The molecule has 8 heteroatoms. The molecule has 108 valence electrons. The molecule has 0 fully saturated rings. The van der Waals surface area contributed by atoms with E-state index in [9.17, 15) is 0 Å². The van der Waals surface area contributed by atoms with Crippen molar-refractivity contribution in [3.8, 4) is 11.8 Å². The highest BCUT2D eigenvalue weighted by molar-refractivity contribution is 5.34. The summed E-state index contributed by atoms with van der Waals surface area (Å²) in [5.74, 6) is 1.96. The first kappa shape index (κ1) is 14.2. The summed E-state index contributed by atoms with van der Waals surface area (Å²) in [6.07, 6.45) is 3.89. The Morgan fingerprint density at radius 1 is 1.20 bits per heavy atom. The molecule has 0 atom stereocenters. The zero-order chi connectivity index (χ0) is 14.4. The molecule has 0 aliphatic heterocycles. The van der Waals surface area contributed by atoms with Crippen molar-refractivity contribution >= 4 is 0 Å². The van der Waals surface area contributed by atoms with Gasteiger partial charge in [0.15, 0.2) is 0 Å². The van der Waals surface area contributed by atoms with Crippen LogP contribution in [-0.4, -0.2) is 45.5 Å². The second-order valence-corrected chi connectivity index (χ2v) is 4.16. The number of nitrogens with one attached hydrogen (secondary N) is 1. The van der Waals surface area contributed by atoms with Gasteiger partial charge in [-0.05, 0) is 0 Å². The van der Waals surface area contributed by atoms with Gasteiger partial charge in [-0.3, -0.25) is 0 Å². The first-order valence-corrected chi connectivity index (χ1v) is 6.21. The molecule has 0 bridgehead atoms. The molecule has 0 unspecified atom stereocenters. The van der Waals surface area contributed by atoms with E-state index < -0.39 is 0 Å². The van der Waals surface area contributed by atoms with Crippen molar-refractivity contribution in [1.82, 2.24) is 30.0 Å². The Bertz CT molecular complexity index is 534. The Hall–Kier alpha value is -2.22. The topological polar surface area (TPSA) is 87.0 Å². The fourth-order valence-electron chi connectivity index (χ4n) is 1.83. The smallest absolute Gasteiger partial charge is 0.224 e. The number of aryl methyl sites for hydroxylation is 1. The maximum Gasteiger partial charge on any atom is 0.224 e. The number of aromatic nitrogens is 5. The van der Waals surface area contributed by atoms with Crippen LogP contribution in [0.3, 0.4) is 0 Å². The minimum Gasteiger partial charge on any atom is -0.481 e. The van der Waals surface area contributed by atoms with Gasteiger partial charge in [0.05, 0.1) is 19.8 Å². The van der Waals surface area contributed by atoms with Gasteiger partial charge in [0.1, 0.15) is 18.5 Å². The molecule has 0 aliphatic rings. The molecule has 0 radical (unpaired) electrons. The van der Waals surface area contributed by atoms with Crippen LogP contribution >= 0.6 is 0 Å². The minimum absolute atomic E-state index is 0.517. The van der Waals surface area contributed by atoms with Crippen LogP contribution in [0, 0.1) is 0 Å². The van der Waals surface area contributed by atoms with Gasteiger partial charge < -0.3 is 19.4 Å². The van der Waals surface area contributed by atoms with Crippen molar-refractivity contribution in [3.05, 3.63) is 24.0 Å². The standard InChI is InChI=1S/C12H18N6O2/c1-18-8-16-17-10(18)4-5-13-6-9-11(19-2)14-7-15-12(9)20-3/h7-8,13H,4-6H2,1-3H3. The highest BCUT2D eigenvalue weighted by Crippen LogP contribution is 2.22. The van der Waals surface area contributed by atoms with Gasteiger partial charge in [-0.1, -0.05) is 0 Å². The average molecular weight is 278 g/mol. The second kappa shape index (κ2) is 6.80. The van der Waals surface area contributed by atoms with Crippen molar-refractivity contribution in [2.24, 2.45) is 7.05 Å². The SMILES string of the molecule is COc1ncnc(OC)c1CNCCc1nncn1C. The summed E-state index contributed by atoms with van der Waals surface area (Å²) >= 11 is 0. The predicted molar refractivity (Wildman–Crippen MR) is 71.5 cm³/mol. The lowest BCUT2D eigenvalue weighted by Gasteiger charge is -2.11. The number of nitrogens with zero attached hydrogens (tertiary/aromatic N) is 5. The van der Waals surface area contributed by atoms with Gasteiger partial charge in [-0.15, -0.1) is 10.2 Å². The Labute approximate surface area is 117 Å². The van der Waals surface area contributed by atoms with Crippen LogP contribution in [0.25, 0.3) is 0 Å². The lowest BCUT2D eigenvalue weighted by atomic mass is 10.3. The quantitative estimate of drug-likeness (QED) is 0.711. The Morgan fingerprint density at radius 2 is 1.90 bits per heavy atom. The third-order valence-corrected chi connectivity index (χ3v) is 2.89. The average Bonchev–Trinajstić information content (AvgIpc) is 2.88. The largest absolute Gasteiger partial charge is 0.481 e. The molecule has 0 aliphatic carbocycles. The van der Waals surface area contributed by atoms with Gasteiger partial charge >= 0.3 is 0 Å². The molecule has 1 N–H and O–H groups in total. The summed E-state index contributed by atoms with van der Waals surface area (Å²) in [7, 11) is 5.07. The maximum absolute atomic E-state index is 5.21. The van der Waals surface area contributed by atoms with E-state index in [-0.39, 0.29) is 0 Å². The normalized spacial score (nSPS) is 10.6. The maximum atomic E-state index is 5.21. The number of ether oxygens (including phenoxy) is 2. The molecule has 2 rings (SSSR count). The fourth-order valence-corrected chi connectivity index (χ4v) is 1.83. The van der Waals surface area contributed by atoms with Gasteiger partial charge in [0.2, 0.25) is 11.8 Å². The highest BCUT2D eigenvalue weighted by atomic mass is 16.5. The van der Waals surface area contributed by atoms with Crippen molar-refractivity contribution in [2.45, 2.75) is 13.0 Å². The van der Waals surface area contributed by atoms with Crippen molar-refractivity contribution in [1.29, 1.82) is 0 Å². The number of methoxy groups -OCH3 is 2. The summed E-state index contributed by atoms with van der Waals surface area (Å²) in [6, 6.07) is 0. The number of rotatable bonds is 7. The summed E-state index contributed by atoms with van der Waals surface area (Å²) in [4.78, 5) is 8.14. The molecular weight excluding hydrogens is 260 g/mol. The summed E-state index contributed by atoms with van der Waals surface area (Å²) in [5, 5.41) is 11.2. The van der Waals surface area contributed by atoms with Crippen LogP contribution in [0.4, 0.5) is 0 Å². The predicted octanol–water partition coefficient (Wildman–Crippen LogP) is -0.0454. The monoisotopic (exact) mass is 278 g/mol. The first-order chi connectivity index (χ1) is 9.76. The van der Waals surface area contributed by atoms with Crippen LogP contribution in [0.1, 0.15) is 11.4 Å². The molecule has 0 amide bonds. The fraction of sp³-hybridized carbons (Fsp3) is 0.500. The Balaban J connectivity index is 1.92. The molecule has 8 nitrogen and oxygen atoms in total. The Morgan fingerprint density at radius 3 is 2.45 bits per heavy atom. The summed E-state index contributed by atoms with van der Waals surface area (Å²) < 4.78 is 12.3. The molecule has 0 spiro atoms. The lowest BCUT2D eigenvalue weighted by Crippen LogP contribution is -2.19. The highest BCUT2D eigenvalue weighted by Gasteiger charge is 2.12. The molecule has 2 heterocycles. The van der Waals surface area contributed by atoms with Crippen LogP contribution in [-0.2, 0) is 20.0 Å². The van der Waals surface area contributed by atoms with E-state index in [4.69, 9.17) is 9.47 Å². The van der Waals surface area contributed by atoms with E-state index in [1.807, 2.05) is 11.6 Å². The van der Waals surface area contributed by atoms with Crippen LogP contribution in [0.2, 0.25) is 0 Å². The molecule has 0 aromatic carbocycles. The van der Waals surface area contributed by atoms with E-state index in [1.165, 1.54) is 6.33 Å². The second-order valence-electron chi connectivity index (χ2n) is 4.16. The molecule has 2 aromatic heterocycles. The van der Waals surface area contributed by atoms with Gasteiger partial charge in [0, 0.05) is 26.6 Å². The van der Waals surface area contributed by atoms with Crippen LogP contribution < -0.4 is 14.8 Å². The molecule has 2 aromatic rings. The van der Waals surface area contributed by atoms with Gasteiger partial charge in [0.25, 0.3) is 0 Å². The molecule has 20 heavy (non-hydrogen) atoms. The minimum atomic E-state index is 0.517. The molecular formula is C12H18N6O2. The van der Waals surface area contributed by atoms with E-state index in [1.54, 1.807) is 20.5 Å². The number of hydrogen-bond donors (Lipinski definition) is 1. The van der Waals surface area contributed by atoms with Crippen LogP contribution in [0.5, 0.6) is 11.8 Å². The van der Waals surface area contributed by atoms with E-state index >= 15 is 0 Å². The van der Waals surface area contributed by atoms with E-state index in [2.05, 4.69) is 25.5 Å². The lowest BCUT2D eigenvalue weighted by molar-refractivity contribution is 0.359. The third kappa shape index (κ3) is 3.21. The third-order valence-electron chi connectivity index (χ3n) is 2.89. The van der Waals surface area contributed by atoms with E-state index in [0.29, 0.717) is 18.3 Å². The summed E-state index contributed by atoms with van der Waals surface area (Å²) in [5.41, 5.74) is 0.801. The zero-order valence-electron chi connectivity index (χ0n) is 11.8. The molecule has 0 saturated carbocycles. The van der Waals surface area contributed by atoms with Crippen molar-refractivity contribution in [3.63, 3.8) is 0 Å². The molecule has 0 saturated heterocycles. The van der Waals surface area contributed by atoms with Crippen molar-refractivity contribution < 1.29 is 9.47 Å². The summed E-state index contributed by atoms with van der Waals surface area (Å²) in [6.45, 7) is 1.32. The van der Waals surface area contributed by atoms with Gasteiger partial charge in [-0.2, -0.15) is 0 Å². The number of hydrogen-bond acceptors (Lipinski definition) is 7.